The third-order valence-corrected chi connectivity index (χ3v) is 3.03. The Bertz CT molecular complexity index is 287. The Morgan fingerprint density at radius 2 is 1.80 bits per heavy atom. The Balaban J connectivity index is 2.90. The molecule has 0 aromatic rings. The van der Waals surface area contributed by atoms with Crippen LogP contribution < -0.4 is 0 Å². The van der Waals surface area contributed by atoms with E-state index in [-0.39, 0.29) is 11.5 Å². The van der Waals surface area contributed by atoms with Gasteiger partial charge in [-0.3, -0.25) is 4.79 Å². The van der Waals surface area contributed by atoms with Gasteiger partial charge in [0.2, 0.25) is 0 Å². The summed E-state index contributed by atoms with van der Waals surface area (Å²) in [6.45, 7) is 1.58. The summed E-state index contributed by atoms with van der Waals surface area (Å²) < 4.78 is 0. The van der Waals surface area contributed by atoms with E-state index in [4.69, 9.17) is 10.2 Å². The highest BCUT2D eigenvalue weighted by Crippen LogP contribution is 2.35. The first-order valence-corrected chi connectivity index (χ1v) is 5.20. The van der Waals surface area contributed by atoms with E-state index >= 15 is 0 Å². The van der Waals surface area contributed by atoms with Gasteiger partial charge in [-0.25, -0.2) is 4.79 Å². The van der Waals surface area contributed by atoms with Gasteiger partial charge < -0.3 is 10.2 Å². The van der Waals surface area contributed by atoms with Crippen LogP contribution in [0.15, 0.2) is 11.6 Å². The van der Waals surface area contributed by atoms with E-state index in [2.05, 4.69) is 0 Å². The van der Waals surface area contributed by atoms with Crippen molar-refractivity contribution in [2.75, 3.05) is 0 Å². The number of rotatable bonds is 4. The number of hydrogen-bond acceptors (Lipinski definition) is 2. The maximum atomic E-state index is 11.1. The molecule has 1 aliphatic carbocycles. The van der Waals surface area contributed by atoms with Crippen LogP contribution in [0.1, 0.15) is 32.6 Å². The molecule has 4 heteroatoms. The lowest BCUT2D eigenvalue weighted by Gasteiger charge is -2.19. The molecule has 0 bridgehead atoms. The molecule has 1 fully saturated rings. The lowest BCUT2D eigenvalue weighted by Crippen LogP contribution is -2.27. The molecular formula is C11H16O4. The van der Waals surface area contributed by atoms with Gasteiger partial charge in [0.05, 0.1) is 5.92 Å². The minimum absolute atomic E-state index is 0.00944. The van der Waals surface area contributed by atoms with Crippen molar-refractivity contribution in [1.29, 1.82) is 0 Å². The molecule has 2 N–H and O–H groups in total. The third kappa shape index (κ3) is 2.58. The summed E-state index contributed by atoms with van der Waals surface area (Å²) in [5.74, 6) is -2.98. The number of carbonyl (C=O) groups is 2. The van der Waals surface area contributed by atoms with Crippen LogP contribution in [-0.2, 0) is 9.59 Å². The molecule has 4 nitrogen and oxygen atoms in total. The molecule has 0 aromatic carbocycles. The first-order chi connectivity index (χ1) is 7.07. The van der Waals surface area contributed by atoms with Crippen molar-refractivity contribution in [3.8, 4) is 0 Å². The van der Waals surface area contributed by atoms with Gasteiger partial charge in [0.15, 0.2) is 0 Å². The summed E-state index contributed by atoms with van der Waals surface area (Å²) in [5.41, 5.74) is 0.0226. The van der Waals surface area contributed by atoms with Crippen LogP contribution in [0.5, 0.6) is 0 Å². The molecule has 1 atom stereocenters. The van der Waals surface area contributed by atoms with Crippen LogP contribution >= 0.6 is 0 Å². The molecule has 0 heterocycles. The van der Waals surface area contributed by atoms with Crippen LogP contribution in [0, 0.1) is 11.8 Å². The number of aliphatic carboxylic acids is 2. The Morgan fingerprint density at radius 3 is 2.13 bits per heavy atom. The van der Waals surface area contributed by atoms with Crippen molar-refractivity contribution in [1.82, 2.24) is 0 Å². The Kier molecular flexibility index (Phi) is 3.88. The van der Waals surface area contributed by atoms with Crippen molar-refractivity contribution >= 4 is 11.9 Å². The highest BCUT2D eigenvalue weighted by Gasteiger charge is 2.35. The second-order valence-corrected chi connectivity index (χ2v) is 3.91. The topological polar surface area (TPSA) is 74.6 Å². The lowest BCUT2D eigenvalue weighted by molar-refractivity contribution is -0.145. The monoisotopic (exact) mass is 212 g/mol. The van der Waals surface area contributed by atoms with Crippen LogP contribution in [0.25, 0.3) is 0 Å². The predicted molar refractivity (Wildman–Crippen MR) is 54.5 cm³/mol. The molecule has 0 aromatic heterocycles. The first kappa shape index (κ1) is 11.8. The summed E-state index contributed by atoms with van der Waals surface area (Å²) in [5, 5.41) is 18.0. The fourth-order valence-electron chi connectivity index (χ4n) is 2.32. The minimum Gasteiger partial charge on any atom is -0.481 e. The second-order valence-electron chi connectivity index (χ2n) is 3.91. The van der Waals surface area contributed by atoms with Gasteiger partial charge in [-0.1, -0.05) is 18.9 Å². The second kappa shape index (κ2) is 4.96. The van der Waals surface area contributed by atoms with E-state index in [0.717, 1.165) is 25.7 Å². The molecule has 1 rings (SSSR count). The average molecular weight is 212 g/mol. The van der Waals surface area contributed by atoms with Gasteiger partial charge in [0.1, 0.15) is 0 Å². The zero-order valence-electron chi connectivity index (χ0n) is 8.77. The molecule has 1 saturated carbocycles. The summed E-state index contributed by atoms with van der Waals surface area (Å²) in [6, 6.07) is 0. The van der Waals surface area contributed by atoms with Crippen molar-refractivity contribution in [2.45, 2.75) is 32.6 Å². The normalized spacial score (nSPS) is 20.2. The zero-order valence-corrected chi connectivity index (χ0v) is 8.77. The SMILES string of the molecule is CC=C(C(=O)O)C(C(=O)O)C1CCCC1. The summed E-state index contributed by atoms with van der Waals surface area (Å²) >= 11 is 0. The van der Waals surface area contributed by atoms with E-state index < -0.39 is 17.9 Å². The maximum absolute atomic E-state index is 11.1. The van der Waals surface area contributed by atoms with Crippen LogP contribution in [0.3, 0.4) is 0 Å². The number of allylic oxidation sites excluding steroid dienone is 1. The Labute approximate surface area is 88.6 Å². The minimum atomic E-state index is -1.11. The maximum Gasteiger partial charge on any atom is 0.332 e. The Hall–Kier alpha value is -1.32. The van der Waals surface area contributed by atoms with E-state index in [1.165, 1.54) is 6.08 Å². The van der Waals surface area contributed by atoms with Crippen molar-refractivity contribution in [3.63, 3.8) is 0 Å². The molecule has 0 saturated heterocycles. The standard InChI is InChI=1S/C11H16O4/c1-2-8(10(12)13)9(11(14)15)7-5-3-4-6-7/h2,7,9H,3-6H2,1H3,(H,12,13)(H,14,15). The quantitative estimate of drug-likeness (QED) is 0.698. The average Bonchev–Trinajstić information content (AvgIpc) is 2.64. The smallest absolute Gasteiger partial charge is 0.332 e. The van der Waals surface area contributed by atoms with Gasteiger partial charge in [-0.05, 0) is 25.7 Å². The van der Waals surface area contributed by atoms with Gasteiger partial charge in [0.25, 0.3) is 0 Å². The molecular weight excluding hydrogens is 196 g/mol. The Morgan fingerprint density at radius 1 is 1.27 bits per heavy atom. The summed E-state index contributed by atoms with van der Waals surface area (Å²) in [6.07, 6.45) is 5.05. The largest absolute Gasteiger partial charge is 0.481 e. The number of carboxylic acid groups (broad SMARTS) is 2. The molecule has 15 heavy (non-hydrogen) atoms. The lowest BCUT2D eigenvalue weighted by atomic mass is 9.84. The van der Waals surface area contributed by atoms with Crippen LogP contribution in [-0.4, -0.2) is 22.2 Å². The molecule has 0 radical (unpaired) electrons. The number of hydrogen-bond donors (Lipinski definition) is 2. The van der Waals surface area contributed by atoms with Crippen molar-refractivity contribution in [2.24, 2.45) is 11.8 Å². The molecule has 0 aliphatic heterocycles. The van der Waals surface area contributed by atoms with E-state index in [1.807, 2.05) is 0 Å². The predicted octanol–water partition coefficient (Wildman–Crippen LogP) is 1.91. The first-order valence-electron chi connectivity index (χ1n) is 5.20. The molecule has 0 amide bonds. The van der Waals surface area contributed by atoms with E-state index in [0.29, 0.717) is 0 Å². The van der Waals surface area contributed by atoms with Crippen LogP contribution in [0.4, 0.5) is 0 Å². The van der Waals surface area contributed by atoms with Gasteiger partial charge in [-0.15, -0.1) is 0 Å². The summed E-state index contributed by atoms with van der Waals surface area (Å²) in [4.78, 5) is 22.0. The fourth-order valence-corrected chi connectivity index (χ4v) is 2.32. The van der Waals surface area contributed by atoms with E-state index in [9.17, 15) is 9.59 Å². The highest BCUT2D eigenvalue weighted by atomic mass is 16.4. The molecule has 1 aliphatic rings. The van der Waals surface area contributed by atoms with Crippen LogP contribution in [0.2, 0.25) is 0 Å². The molecule has 84 valence electrons. The molecule has 1 unspecified atom stereocenters. The van der Waals surface area contributed by atoms with Gasteiger partial charge >= 0.3 is 11.9 Å². The molecule has 0 spiro atoms. The van der Waals surface area contributed by atoms with E-state index in [1.54, 1.807) is 6.92 Å². The van der Waals surface area contributed by atoms with Crippen molar-refractivity contribution < 1.29 is 19.8 Å². The van der Waals surface area contributed by atoms with Gasteiger partial charge in [-0.2, -0.15) is 0 Å². The third-order valence-electron chi connectivity index (χ3n) is 3.03. The fraction of sp³-hybridized carbons (Fsp3) is 0.636. The van der Waals surface area contributed by atoms with Crippen molar-refractivity contribution in [3.05, 3.63) is 11.6 Å². The number of carboxylic acids is 2. The highest BCUT2D eigenvalue weighted by molar-refractivity contribution is 5.93. The zero-order chi connectivity index (χ0) is 11.4. The van der Waals surface area contributed by atoms with Gasteiger partial charge in [0, 0.05) is 5.57 Å². The summed E-state index contributed by atoms with van der Waals surface area (Å²) in [7, 11) is 0.